The van der Waals surface area contributed by atoms with Crippen LogP contribution in [0.4, 0.5) is 0 Å². The molecule has 0 saturated heterocycles. The van der Waals surface area contributed by atoms with E-state index in [1.54, 1.807) is 0 Å². The first-order chi connectivity index (χ1) is 6.45. The zero-order chi connectivity index (χ0) is 10.8. The Labute approximate surface area is 87.3 Å². The van der Waals surface area contributed by atoms with Crippen molar-refractivity contribution in [1.82, 2.24) is 0 Å². The average Bonchev–Trinajstić information content (AvgIpc) is 2.15. The lowest BCUT2D eigenvalue weighted by atomic mass is 9.69. The highest BCUT2D eigenvalue weighted by Gasteiger charge is 2.31. The van der Waals surface area contributed by atoms with Gasteiger partial charge in [0.05, 0.1) is 0 Å². The van der Waals surface area contributed by atoms with Gasteiger partial charge in [-0.05, 0) is 42.9 Å². The maximum absolute atomic E-state index is 11.3. The molecule has 0 amide bonds. The highest BCUT2D eigenvalue weighted by molar-refractivity contribution is 5.96. The number of hydrogen-bond acceptors (Lipinski definition) is 1. The molecule has 0 N–H and O–H groups in total. The molecule has 78 valence electrons. The summed E-state index contributed by atoms with van der Waals surface area (Å²) in [6.45, 7) is 6.84. The summed E-state index contributed by atoms with van der Waals surface area (Å²) >= 11 is 0. The minimum atomic E-state index is 0.0114. The molecule has 1 fully saturated rings. The maximum Gasteiger partial charge on any atom is 0.208 e. The molecule has 1 aliphatic rings. The van der Waals surface area contributed by atoms with E-state index >= 15 is 0 Å². The molecule has 0 radical (unpaired) electrons. The van der Waals surface area contributed by atoms with E-state index in [1.165, 1.54) is 0 Å². The van der Waals surface area contributed by atoms with Crippen LogP contribution in [0, 0.1) is 29.6 Å². The average molecular weight is 192 g/mol. The van der Waals surface area contributed by atoms with Crippen LogP contribution in [0.3, 0.4) is 0 Å². The first-order valence-corrected chi connectivity index (χ1v) is 5.45. The van der Waals surface area contributed by atoms with Crippen LogP contribution in [0.15, 0.2) is 0 Å². The normalized spacial score (nSPS) is 28.1. The van der Waals surface area contributed by atoms with Gasteiger partial charge in [0.1, 0.15) is 0 Å². The second-order valence-electron chi connectivity index (χ2n) is 5.42. The van der Waals surface area contributed by atoms with Gasteiger partial charge in [-0.15, -0.1) is 6.42 Å². The van der Waals surface area contributed by atoms with Crippen molar-refractivity contribution in [3.05, 3.63) is 0 Å². The summed E-state index contributed by atoms with van der Waals surface area (Å²) in [7, 11) is 0. The Bertz CT molecular complexity index is 243. The van der Waals surface area contributed by atoms with Gasteiger partial charge in [0.15, 0.2) is 0 Å². The van der Waals surface area contributed by atoms with E-state index in [0.29, 0.717) is 5.41 Å². The molecule has 1 aliphatic carbocycles. The predicted octanol–water partition coefficient (Wildman–Crippen LogP) is 3.04. The Morgan fingerprint density at radius 2 is 1.71 bits per heavy atom. The predicted molar refractivity (Wildman–Crippen MR) is 58.7 cm³/mol. The summed E-state index contributed by atoms with van der Waals surface area (Å²) in [5.41, 5.74) is 0.379. The topological polar surface area (TPSA) is 17.1 Å². The van der Waals surface area contributed by atoms with Crippen LogP contribution in [0.2, 0.25) is 0 Å². The minimum Gasteiger partial charge on any atom is -0.285 e. The van der Waals surface area contributed by atoms with E-state index in [2.05, 4.69) is 26.7 Å². The highest BCUT2D eigenvalue weighted by Crippen LogP contribution is 2.39. The van der Waals surface area contributed by atoms with Crippen molar-refractivity contribution >= 4 is 5.78 Å². The Kier molecular flexibility index (Phi) is 3.37. The van der Waals surface area contributed by atoms with Crippen molar-refractivity contribution in [3.8, 4) is 12.3 Å². The second-order valence-corrected chi connectivity index (χ2v) is 5.42. The molecular formula is C13H20O. The summed E-state index contributed by atoms with van der Waals surface area (Å²) in [4.78, 5) is 11.3. The number of hydrogen-bond donors (Lipinski definition) is 0. The molecule has 0 heterocycles. The zero-order valence-corrected chi connectivity index (χ0v) is 9.47. The van der Waals surface area contributed by atoms with Gasteiger partial charge in [-0.2, -0.15) is 0 Å². The summed E-state index contributed by atoms with van der Waals surface area (Å²) in [6.07, 6.45) is 9.41. The molecule has 14 heavy (non-hydrogen) atoms. The van der Waals surface area contributed by atoms with Gasteiger partial charge in [-0.25, -0.2) is 0 Å². The SMILES string of the molecule is C#CC(=O)C1CCC(C(C)(C)C)CC1. The van der Waals surface area contributed by atoms with Crippen molar-refractivity contribution < 1.29 is 4.79 Å². The van der Waals surface area contributed by atoms with E-state index in [1.807, 2.05) is 0 Å². The molecule has 0 aromatic carbocycles. The minimum absolute atomic E-state index is 0.0114. The molecule has 0 spiro atoms. The van der Waals surface area contributed by atoms with Crippen molar-refractivity contribution in [1.29, 1.82) is 0 Å². The van der Waals surface area contributed by atoms with Crippen molar-refractivity contribution in [2.75, 3.05) is 0 Å². The van der Waals surface area contributed by atoms with Crippen LogP contribution in [-0.4, -0.2) is 5.78 Å². The molecule has 0 atom stereocenters. The number of terminal acetylenes is 1. The van der Waals surface area contributed by atoms with Gasteiger partial charge in [0.25, 0.3) is 0 Å². The van der Waals surface area contributed by atoms with Crippen LogP contribution in [-0.2, 0) is 4.79 Å². The number of ketones is 1. The van der Waals surface area contributed by atoms with Gasteiger partial charge < -0.3 is 0 Å². The van der Waals surface area contributed by atoms with Crippen LogP contribution in [0.5, 0.6) is 0 Å². The Hall–Kier alpha value is -0.770. The Morgan fingerprint density at radius 1 is 1.21 bits per heavy atom. The second kappa shape index (κ2) is 4.17. The number of rotatable bonds is 1. The summed E-state index contributed by atoms with van der Waals surface area (Å²) in [6, 6.07) is 0. The van der Waals surface area contributed by atoms with Gasteiger partial charge in [0, 0.05) is 5.92 Å². The molecule has 1 heteroatoms. The molecule has 1 rings (SSSR count). The Morgan fingerprint density at radius 3 is 2.07 bits per heavy atom. The van der Waals surface area contributed by atoms with Crippen LogP contribution < -0.4 is 0 Å². The van der Waals surface area contributed by atoms with Crippen LogP contribution in [0.25, 0.3) is 0 Å². The van der Waals surface area contributed by atoms with Gasteiger partial charge in [0.2, 0.25) is 5.78 Å². The molecular weight excluding hydrogens is 172 g/mol. The van der Waals surface area contributed by atoms with Gasteiger partial charge >= 0.3 is 0 Å². The fourth-order valence-electron chi connectivity index (χ4n) is 2.34. The maximum atomic E-state index is 11.3. The lowest BCUT2D eigenvalue weighted by Gasteiger charge is -2.36. The van der Waals surface area contributed by atoms with Crippen molar-refractivity contribution in [2.24, 2.45) is 17.3 Å². The van der Waals surface area contributed by atoms with Gasteiger partial charge in [-0.3, -0.25) is 4.79 Å². The van der Waals surface area contributed by atoms with E-state index in [0.717, 1.165) is 31.6 Å². The zero-order valence-electron chi connectivity index (χ0n) is 9.47. The molecule has 0 unspecified atom stereocenters. The Balaban J connectivity index is 2.48. The molecule has 0 aromatic rings. The quantitative estimate of drug-likeness (QED) is 0.461. The van der Waals surface area contributed by atoms with Crippen LogP contribution >= 0.6 is 0 Å². The third kappa shape index (κ3) is 2.61. The van der Waals surface area contributed by atoms with Crippen molar-refractivity contribution in [2.45, 2.75) is 46.5 Å². The molecule has 1 saturated carbocycles. The molecule has 0 aliphatic heterocycles. The number of carbonyl (C=O) groups is 1. The fraction of sp³-hybridized carbons (Fsp3) is 0.769. The van der Waals surface area contributed by atoms with Crippen LogP contribution in [0.1, 0.15) is 46.5 Å². The molecule has 0 aromatic heterocycles. The lowest BCUT2D eigenvalue weighted by molar-refractivity contribution is -0.118. The van der Waals surface area contributed by atoms with E-state index < -0.39 is 0 Å². The molecule has 0 bridgehead atoms. The summed E-state index contributed by atoms with van der Waals surface area (Å²) in [5, 5.41) is 0. The third-order valence-electron chi connectivity index (χ3n) is 3.46. The first-order valence-electron chi connectivity index (χ1n) is 5.45. The lowest BCUT2D eigenvalue weighted by Crippen LogP contribution is -2.28. The first kappa shape index (κ1) is 11.3. The largest absolute Gasteiger partial charge is 0.285 e. The smallest absolute Gasteiger partial charge is 0.208 e. The fourth-order valence-corrected chi connectivity index (χ4v) is 2.34. The summed E-state index contributed by atoms with van der Waals surface area (Å²) in [5.74, 6) is 3.17. The highest BCUT2D eigenvalue weighted by atomic mass is 16.1. The monoisotopic (exact) mass is 192 g/mol. The molecule has 1 nitrogen and oxygen atoms in total. The van der Waals surface area contributed by atoms with Crippen molar-refractivity contribution in [3.63, 3.8) is 0 Å². The third-order valence-corrected chi connectivity index (χ3v) is 3.46. The van der Waals surface area contributed by atoms with Gasteiger partial charge in [-0.1, -0.05) is 20.8 Å². The van der Waals surface area contributed by atoms with E-state index in [-0.39, 0.29) is 11.7 Å². The summed E-state index contributed by atoms with van der Waals surface area (Å²) < 4.78 is 0. The number of Topliss-reactive ketones (excluding diaryl/α,β-unsaturated/α-hetero) is 1. The van der Waals surface area contributed by atoms with E-state index in [9.17, 15) is 4.79 Å². The van der Waals surface area contributed by atoms with E-state index in [4.69, 9.17) is 6.42 Å². The number of carbonyl (C=O) groups excluding carboxylic acids is 1. The standard InChI is InChI=1S/C13H20O/c1-5-12(14)10-6-8-11(9-7-10)13(2,3)4/h1,10-11H,6-9H2,2-4H3.